The first kappa shape index (κ1) is 8.08. The molecule has 60 valence electrons. The Morgan fingerprint density at radius 3 is 2.55 bits per heavy atom. The van der Waals surface area contributed by atoms with E-state index in [0.29, 0.717) is 0 Å². The Morgan fingerprint density at radius 2 is 2.00 bits per heavy atom. The maximum atomic E-state index is 8.91. The van der Waals surface area contributed by atoms with Gasteiger partial charge >= 0.3 is 0 Å². The summed E-state index contributed by atoms with van der Waals surface area (Å²) < 4.78 is 5.10. The van der Waals surface area contributed by atoms with Gasteiger partial charge in [0.05, 0.1) is 0 Å². The van der Waals surface area contributed by atoms with Crippen molar-refractivity contribution in [2.75, 3.05) is 0 Å². The largest absolute Gasteiger partial charge is 0.465 e. The van der Waals surface area contributed by atoms with Crippen molar-refractivity contribution in [1.82, 2.24) is 0 Å². The second-order valence-electron chi connectivity index (χ2n) is 2.48. The summed E-state index contributed by atoms with van der Waals surface area (Å²) in [5, 5.41) is 8.91. The van der Waals surface area contributed by atoms with Crippen LogP contribution in [0, 0.1) is 6.92 Å². The fourth-order valence-electron chi connectivity index (χ4n) is 0.872. The average molecular weight is 152 g/mol. The van der Waals surface area contributed by atoms with Crippen molar-refractivity contribution >= 4 is 0 Å². The van der Waals surface area contributed by atoms with Gasteiger partial charge in [0.15, 0.2) is 6.29 Å². The van der Waals surface area contributed by atoms with E-state index in [2.05, 4.69) is 0 Å². The van der Waals surface area contributed by atoms with Crippen molar-refractivity contribution in [3.63, 3.8) is 0 Å². The standard InChI is InChI=1S/C9H12O2/c1-7-5-3-4-6-9(7)11-8(2)10/h3-6,8,10H,1-2H3/t8-/m1/s1. The predicted octanol–water partition coefficient (Wildman–Crippen LogP) is 1.71. The molecule has 0 saturated heterocycles. The molecule has 0 aliphatic carbocycles. The minimum atomic E-state index is -0.740. The number of aryl methyl sites for hydroxylation is 1. The van der Waals surface area contributed by atoms with E-state index >= 15 is 0 Å². The first-order chi connectivity index (χ1) is 5.20. The molecule has 0 saturated carbocycles. The molecule has 2 nitrogen and oxygen atoms in total. The van der Waals surface area contributed by atoms with E-state index in [0.717, 1.165) is 11.3 Å². The molecule has 1 aromatic rings. The van der Waals surface area contributed by atoms with Crippen LogP contribution in [0.25, 0.3) is 0 Å². The van der Waals surface area contributed by atoms with Gasteiger partial charge in [0.2, 0.25) is 0 Å². The molecule has 0 radical (unpaired) electrons. The highest BCUT2D eigenvalue weighted by Crippen LogP contribution is 2.16. The Balaban J connectivity index is 2.78. The highest BCUT2D eigenvalue weighted by molar-refractivity contribution is 5.31. The molecule has 0 aliphatic rings. The lowest BCUT2D eigenvalue weighted by atomic mass is 10.2. The van der Waals surface area contributed by atoms with Crippen molar-refractivity contribution < 1.29 is 9.84 Å². The molecular weight excluding hydrogens is 140 g/mol. The maximum Gasteiger partial charge on any atom is 0.194 e. The zero-order valence-corrected chi connectivity index (χ0v) is 6.74. The molecule has 0 unspecified atom stereocenters. The third-order valence-electron chi connectivity index (χ3n) is 1.39. The van der Waals surface area contributed by atoms with Gasteiger partial charge in [-0.15, -0.1) is 0 Å². The number of rotatable bonds is 2. The second-order valence-corrected chi connectivity index (χ2v) is 2.48. The average Bonchev–Trinajstić information content (AvgIpc) is 1.93. The fraction of sp³-hybridized carbons (Fsp3) is 0.333. The Labute approximate surface area is 66.4 Å². The third kappa shape index (κ3) is 2.24. The van der Waals surface area contributed by atoms with Crippen LogP contribution in [-0.4, -0.2) is 11.4 Å². The highest BCUT2D eigenvalue weighted by Gasteiger charge is 1.99. The molecule has 0 aliphatic heterocycles. The van der Waals surface area contributed by atoms with E-state index < -0.39 is 6.29 Å². The van der Waals surface area contributed by atoms with E-state index in [1.165, 1.54) is 0 Å². The van der Waals surface area contributed by atoms with Gasteiger partial charge in [0, 0.05) is 0 Å². The normalized spacial score (nSPS) is 12.6. The van der Waals surface area contributed by atoms with E-state index in [9.17, 15) is 0 Å². The van der Waals surface area contributed by atoms with Crippen LogP contribution in [0.15, 0.2) is 24.3 Å². The van der Waals surface area contributed by atoms with E-state index in [4.69, 9.17) is 9.84 Å². The highest BCUT2D eigenvalue weighted by atomic mass is 16.6. The van der Waals surface area contributed by atoms with Gasteiger partial charge in [-0.2, -0.15) is 0 Å². The number of aliphatic hydroxyl groups is 1. The quantitative estimate of drug-likeness (QED) is 0.654. The minimum absolute atomic E-state index is 0.738. The van der Waals surface area contributed by atoms with Crippen LogP contribution in [0.4, 0.5) is 0 Å². The smallest absolute Gasteiger partial charge is 0.194 e. The van der Waals surface area contributed by atoms with Gasteiger partial charge < -0.3 is 9.84 Å². The number of para-hydroxylation sites is 1. The number of ether oxygens (including phenoxy) is 1. The van der Waals surface area contributed by atoms with Crippen LogP contribution in [-0.2, 0) is 0 Å². The van der Waals surface area contributed by atoms with Crippen LogP contribution in [0.3, 0.4) is 0 Å². The summed E-state index contributed by atoms with van der Waals surface area (Å²) in [5.41, 5.74) is 1.04. The van der Waals surface area contributed by atoms with E-state index in [1.54, 1.807) is 6.92 Å². The molecule has 1 aromatic carbocycles. The molecule has 1 rings (SSSR count). The Bertz CT molecular complexity index is 231. The van der Waals surface area contributed by atoms with Crippen LogP contribution >= 0.6 is 0 Å². The SMILES string of the molecule is Cc1ccccc1O[C@H](C)O. The lowest BCUT2D eigenvalue weighted by Crippen LogP contribution is -2.10. The first-order valence-corrected chi connectivity index (χ1v) is 3.60. The van der Waals surface area contributed by atoms with Gasteiger partial charge in [-0.3, -0.25) is 0 Å². The maximum absolute atomic E-state index is 8.91. The van der Waals surface area contributed by atoms with Crippen molar-refractivity contribution in [2.45, 2.75) is 20.1 Å². The first-order valence-electron chi connectivity index (χ1n) is 3.60. The van der Waals surface area contributed by atoms with Crippen LogP contribution in [0.2, 0.25) is 0 Å². The molecule has 2 heteroatoms. The molecule has 1 N–H and O–H groups in total. The molecule has 0 aromatic heterocycles. The Kier molecular flexibility index (Phi) is 2.49. The number of hydrogen-bond acceptors (Lipinski definition) is 2. The van der Waals surface area contributed by atoms with Gasteiger partial charge in [-0.25, -0.2) is 0 Å². The number of aliphatic hydroxyl groups excluding tert-OH is 1. The van der Waals surface area contributed by atoms with Gasteiger partial charge in [-0.1, -0.05) is 18.2 Å². The van der Waals surface area contributed by atoms with Crippen LogP contribution in [0.5, 0.6) is 5.75 Å². The molecule has 0 fully saturated rings. The molecule has 11 heavy (non-hydrogen) atoms. The number of hydrogen-bond donors (Lipinski definition) is 1. The molecule has 0 amide bonds. The molecule has 1 atom stereocenters. The molecule has 0 bridgehead atoms. The lowest BCUT2D eigenvalue weighted by Gasteiger charge is -2.10. The van der Waals surface area contributed by atoms with Gasteiger partial charge in [0.25, 0.3) is 0 Å². The minimum Gasteiger partial charge on any atom is -0.465 e. The van der Waals surface area contributed by atoms with Crippen molar-refractivity contribution in [1.29, 1.82) is 0 Å². The van der Waals surface area contributed by atoms with E-state index in [-0.39, 0.29) is 0 Å². The van der Waals surface area contributed by atoms with E-state index in [1.807, 2.05) is 31.2 Å². The summed E-state index contributed by atoms with van der Waals surface area (Å²) in [6, 6.07) is 7.59. The monoisotopic (exact) mass is 152 g/mol. The third-order valence-corrected chi connectivity index (χ3v) is 1.39. The Morgan fingerprint density at radius 1 is 1.36 bits per heavy atom. The second kappa shape index (κ2) is 3.39. The van der Waals surface area contributed by atoms with Crippen molar-refractivity contribution in [3.8, 4) is 5.75 Å². The summed E-state index contributed by atoms with van der Waals surface area (Å²) in [5.74, 6) is 0.738. The predicted molar refractivity (Wildman–Crippen MR) is 43.5 cm³/mol. The van der Waals surface area contributed by atoms with Gasteiger partial charge in [-0.05, 0) is 25.5 Å². The topological polar surface area (TPSA) is 29.5 Å². The number of benzene rings is 1. The summed E-state index contributed by atoms with van der Waals surface area (Å²) in [6.45, 7) is 3.53. The molecule has 0 heterocycles. The summed E-state index contributed by atoms with van der Waals surface area (Å²) in [4.78, 5) is 0. The van der Waals surface area contributed by atoms with Crippen LogP contribution < -0.4 is 4.74 Å². The van der Waals surface area contributed by atoms with Gasteiger partial charge in [0.1, 0.15) is 5.75 Å². The van der Waals surface area contributed by atoms with Crippen molar-refractivity contribution in [2.24, 2.45) is 0 Å². The zero-order chi connectivity index (χ0) is 8.27. The summed E-state index contributed by atoms with van der Waals surface area (Å²) in [6.07, 6.45) is -0.740. The van der Waals surface area contributed by atoms with Crippen LogP contribution in [0.1, 0.15) is 12.5 Å². The summed E-state index contributed by atoms with van der Waals surface area (Å²) >= 11 is 0. The van der Waals surface area contributed by atoms with Crippen molar-refractivity contribution in [3.05, 3.63) is 29.8 Å². The zero-order valence-electron chi connectivity index (χ0n) is 6.74. The molecular formula is C9H12O2. The fourth-order valence-corrected chi connectivity index (χ4v) is 0.872. The summed E-state index contributed by atoms with van der Waals surface area (Å²) in [7, 11) is 0. The molecule has 0 spiro atoms. The Hall–Kier alpha value is -1.02. The lowest BCUT2D eigenvalue weighted by molar-refractivity contribution is -0.000799.